The van der Waals surface area contributed by atoms with Gasteiger partial charge >= 0.3 is 0 Å². The average molecular weight is 332 g/mol. The van der Waals surface area contributed by atoms with Crippen LogP contribution in [0, 0.1) is 5.92 Å². The van der Waals surface area contributed by atoms with Gasteiger partial charge in [0, 0.05) is 19.7 Å². The van der Waals surface area contributed by atoms with Gasteiger partial charge in [-0.2, -0.15) is 0 Å². The summed E-state index contributed by atoms with van der Waals surface area (Å²) in [5.41, 5.74) is 0.667. The normalized spacial score (nSPS) is 24.1. The van der Waals surface area contributed by atoms with Crippen LogP contribution in [0.1, 0.15) is 36.0 Å². The summed E-state index contributed by atoms with van der Waals surface area (Å²) < 4.78 is 11.5. The lowest BCUT2D eigenvalue weighted by molar-refractivity contribution is 0.0621. The number of para-hydroxylation sites is 1. The lowest BCUT2D eigenvalue weighted by Gasteiger charge is -2.33. The minimum Gasteiger partial charge on any atom is -0.490 e. The molecule has 1 aromatic rings. The van der Waals surface area contributed by atoms with Crippen LogP contribution in [0.3, 0.4) is 0 Å². The van der Waals surface area contributed by atoms with Gasteiger partial charge in [-0.05, 0) is 57.3 Å². The van der Waals surface area contributed by atoms with Crippen molar-refractivity contribution in [3.05, 3.63) is 29.8 Å². The molecule has 0 bridgehead atoms. The first-order valence-electron chi connectivity index (χ1n) is 9.05. The molecular weight excluding hydrogens is 304 g/mol. The van der Waals surface area contributed by atoms with Gasteiger partial charge in [-0.1, -0.05) is 12.1 Å². The van der Waals surface area contributed by atoms with Crippen molar-refractivity contribution in [3.63, 3.8) is 0 Å². The van der Waals surface area contributed by atoms with Gasteiger partial charge in [0.25, 0.3) is 5.91 Å². The molecule has 24 heavy (non-hydrogen) atoms. The first kappa shape index (κ1) is 17.2. The van der Waals surface area contributed by atoms with Crippen LogP contribution < -0.4 is 10.1 Å². The summed E-state index contributed by atoms with van der Waals surface area (Å²) in [6.45, 7) is 3.95. The monoisotopic (exact) mass is 332 g/mol. The number of hydrogen-bond donors (Lipinski definition) is 1. The second kappa shape index (κ2) is 8.49. The van der Waals surface area contributed by atoms with Crippen LogP contribution in [0.5, 0.6) is 5.75 Å². The molecule has 5 heteroatoms. The quantitative estimate of drug-likeness (QED) is 0.868. The van der Waals surface area contributed by atoms with Crippen LogP contribution in [0.25, 0.3) is 0 Å². The first-order valence-corrected chi connectivity index (χ1v) is 9.05. The zero-order chi connectivity index (χ0) is 16.8. The number of nitrogens with one attached hydrogen (secondary N) is 1. The molecule has 3 rings (SSSR count). The van der Waals surface area contributed by atoms with E-state index >= 15 is 0 Å². The summed E-state index contributed by atoms with van der Waals surface area (Å²) >= 11 is 0. The minimum absolute atomic E-state index is 0.0822. The fourth-order valence-corrected chi connectivity index (χ4v) is 3.60. The van der Waals surface area contributed by atoms with E-state index in [1.165, 1.54) is 6.42 Å². The van der Waals surface area contributed by atoms with Crippen LogP contribution in [-0.2, 0) is 4.74 Å². The molecule has 2 atom stereocenters. The van der Waals surface area contributed by atoms with E-state index in [9.17, 15) is 4.79 Å². The number of likely N-dealkylation sites (tertiary alicyclic amines) is 1. The molecule has 2 aliphatic rings. The summed E-state index contributed by atoms with van der Waals surface area (Å²) in [4.78, 5) is 14.9. The Bertz CT molecular complexity index is 541. The van der Waals surface area contributed by atoms with Crippen molar-refractivity contribution < 1.29 is 14.3 Å². The number of benzene rings is 1. The van der Waals surface area contributed by atoms with Gasteiger partial charge in [0.1, 0.15) is 12.4 Å². The molecule has 1 N–H and O–H groups in total. The molecule has 2 saturated heterocycles. The Morgan fingerprint density at radius 2 is 2.21 bits per heavy atom. The highest BCUT2D eigenvalue weighted by molar-refractivity contribution is 5.97. The minimum atomic E-state index is 0.0822. The van der Waals surface area contributed by atoms with E-state index < -0.39 is 0 Å². The molecule has 0 saturated carbocycles. The molecule has 0 aromatic heterocycles. The number of nitrogens with zero attached hydrogens (tertiary/aromatic N) is 1. The molecule has 0 unspecified atom stereocenters. The van der Waals surface area contributed by atoms with Crippen molar-refractivity contribution in [2.24, 2.45) is 5.92 Å². The van der Waals surface area contributed by atoms with Crippen molar-refractivity contribution in [1.82, 2.24) is 10.2 Å². The van der Waals surface area contributed by atoms with Crippen LogP contribution in [0.2, 0.25) is 0 Å². The Labute approximate surface area is 144 Å². The highest BCUT2D eigenvalue weighted by atomic mass is 16.5. The number of ether oxygens (including phenoxy) is 2. The zero-order valence-electron chi connectivity index (χ0n) is 14.5. The van der Waals surface area contributed by atoms with E-state index in [0.29, 0.717) is 23.8 Å². The summed E-state index contributed by atoms with van der Waals surface area (Å²) in [7, 11) is 1.97. The van der Waals surface area contributed by atoms with Gasteiger partial charge in [0.15, 0.2) is 0 Å². The number of amides is 1. The Morgan fingerprint density at radius 1 is 1.33 bits per heavy atom. The fraction of sp³-hybridized carbons (Fsp3) is 0.632. The van der Waals surface area contributed by atoms with Crippen molar-refractivity contribution in [2.75, 3.05) is 39.9 Å². The molecule has 1 aromatic carbocycles. The van der Waals surface area contributed by atoms with E-state index in [1.54, 1.807) is 0 Å². The summed E-state index contributed by atoms with van der Waals surface area (Å²) in [5.74, 6) is 1.29. The SMILES string of the molecule is CNC[C@@H]1CCCN(C(=O)c2ccccc2OC[C@H]2CCCO2)C1. The third-order valence-electron chi connectivity index (χ3n) is 4.87. The Kier molecular flexibility index (Phi) is 6.10. The maximum absolute atomic E-state index is 13.0. The summed E-state index contributed by atoms with van der Waals surface area (Å²) in [6, 6.07) is 7.58. The largest absolute Gasteiger partial charge is 0.490 e. The van der Waals surface area contributed by atoms with Crippen LogP contribution in [0.15, 0.2) is 24.3 Å². The van der Waals surface area contributed by atoms with Crippen LogP contribution >= 0.6 is 0 Å². The molecule has 2 heterocycles. The lowest BCUT2D eigenvalue weighted by Crippen LogP contribution is -2.42. The second-order valence-corrected chi connectivity index (χ2v) is 6.76. The zero-order valence-corrected chi connectivity index (χ0v) is 14.5. The Balaban J connectivity index is 1.65. The van der Waals surface area contributed by atoms with Crippen LogP contribution in [-0.4, -0.2) is 56.8 Å². The predicted molar refractivity (Wildman–Crippen MR) is 93.5 cm³/mol. The highest BCUT2D eigenvalue weighted by Gasteiger charge is 2.26. The molecule has 0 aliphatic carbocycles. The maximum atomic E-state index is 13.0. The van der Waals surface area contributed by atoms with Gasteiger partial charge in [-0.3, -0.25) is 4.79 Å². The number of rotatable bonds is 6. The second-order valence-electron chi connectivity index (χ2n) is 6.76. The molecular formula is C19H28N2O3. The third kappa shape index (κ3) is 4.28. The molecule has 0 radical (unpaired) electrons. The van der Waals surface area contributed by atoms with E-state index in [0.717, 1.165) is 45.5 Å². The molecule has 0 spiro atoms. The van der Waals surface area contributed by atoms with Gasteiger partial charge in [-0.25, -0.2) is 0 Å². The number of carbonyl (C=O) groups excluding carboxylic acids is 1. The van der Waals surface area contributed by atoms with E-state index in [4.69, 9.17) is 9.47 Å². The Morgan fingerprint density at radius 3 is 3.00 bits per heavy atom. The van der Waals surface area contributed by atoms with E-state index in [2.05, 4.69) is 5.32 Å². The summed E-state index contributed by atoms with van der Waals surface area (Å²) in [5, 5.41) is 3.22. The van der Waals surface area contributed by atoms with Crippen molar-refractivity contribution in [1.29, 1.82) is 0 Å². The first-order chi connectivity index (χ1) is 11.8. The third-order valence-corrected chi connectivity index (χ3v) is 4.87. The van der Waals surface area contributed by atoms with Gasteiger partial charge in [-0.15, -0.1) is 0 Å². The smallest absolute Gasteiger partial charge is 0.257 e. The lowest BCUT2D eigenvalue weighted by atomic mass is 9.97. The highest BCUT2D eigenvalue weighted by Crippen LogP contribution is 2.24. The van der Waals surface area contributed by atoms with Gasteiger partial charge in [0.05, 0.1) is 11.7 Å². The molecule has 2 aliphatic heterocycles. The van der Waals surface area contributed by atoms with Crippen LogP contribution in [0.4, 0.5) is 0 Å². The Hall–Kier alpha value is -1.59. The standard InChI is InChI=1S/C19H28N2O3/c1-20-12-15-6-4-10-21(13-15)19(22)17-8-2-3-9-18(17)24-14-16-7-5-11-23-16/h2-3,8-9,15-16,20H,4-7,10-14H2,1H3/t15-,16+/m0/s1. The molecule has 132 valence electrons. The van der Waals surface area contributed by atoms with Gasteiger partial charge in [0.2, 0.25) is 0 Å². The summed E-state index contributed by atoms with van der Waals surface area (Å²) in [6.07, 6.45) is 4.53. The number of hydrogen-bond acceptors (Lipinski definition) is 4. The maximum Gasteiger partial charge on any atom is 0.257 e. The fourth-order valence-electron chi connectivity index (χ4n) is 3.60. The van der Waals surface area contributed by atoms with Crippen molar-refractivity contribution in [3.8, 4) is 5.75 Å². The average Bonchev–Trinajstić information content (AvgIpc) is 3.14. The van der Waals surface area contributed by atoms with E-state index in [-0.39, 0.29) is 12.0 Å². The molecule has 1 amide bonds. The number of carbonyl (C=O) groups is 1. The van der Waals surface area contributed by atoms with E-state index in [1.807, 2.05) is 36.2 Å². The van der Waals surface area contributed by atoms with Gasteiger partial charge < -0.3 is 19.7 Å². The molecule has 5 nitrogen and oxygen atoms in total. The predicted octanol–water partition coefficient (Wildman–Crippen LogP) is 2.32. The molecule has 2 fully saturated rings. The topological polar surface area (TPSA) is 50.8 Å². The van der Waals surface area contributed by atoms with Crippen molar-refractivity contribution in [2.45, 2.75) is 31.8 Å². The number of piperidine rings is 1. The van der Waals surface area contributed by atoms with Crippen molar-refractivity contribution >= 4 is 5.91 Å².